The van der Waals surface area contributed by atoms with E-state index in [9.17, 15) is 4.79 Å². The Balaban J connectivity index is 1.58. The van der Waals surface area contributed by atoms with Crippen molar-refractivity contribution in [1.82, 2.24) is 5.32 Å². The van der Waals surface area contributed by atoms with E-state index in [1.165, 1.54) is 5.56 Å². The third-order valence-corrected chi connectivity index (χ3v) is 4.78. The molecule has 2 N–H and O–H groups in total. The summed E-state index contributed by atoms with van der Waals surface area (Å²) < 4.78 is 5.18. The standard InChI is InChI=1S/C23H26N2O2/c1-16-8-13-19-6-4-5-7-21(19)22(16)25-23(26)24-17(2)9-10-18-11-14-20(27-3)15-12-18/h4-8,11-15,17H,9-10H2,1-3H3,(H2,24,25,26). The molecule has 0 aromatic heterocycles. The van der Waals surface area contributed by atoms with E-state index in [1.807, 2.05) is 50.2 Å². The number of hydrogen-bond acceptors (Lipinski definition) is 2. The van der Waals surface area contributed by atoms with Gasteiger partial charge in [0, 0.05) is 11.4 Å². The summed E-state index contributed by atoms with van der Waals surface area (Å²) in [5.74, 6) is 0.856. The maximum atomic E-state index is 12.5. The molecule has 0 aliphatic heterocycles. The second-order valence-corrected chi connectivity index (χ2v) is 6.86. The number of fused-ring (bicyclic) bond motifs is 1. The largest absolute Gasteiger partial charge is 0.497 e. The number of amides is 2. The zero-order chi connectivity index (χ0) is 19.2. The third-order valence-electron chi connectivity index (χ3n) is 4.78. The molecule has 4 heteroatoms. The molecule has 140 valence electrons. The minimum absolute atomic E-state index is 0.0717. The van der Waals surface area contributed by atoms with E-state index in [-0.39, 0.29) is 12.1 Å². The van der Waals surface area contributed by atoms with Crippen molar-refractivity contribution in [2.24, 2.45) is 0 Å². The number of nitrogens with one attached hydrogen (secondary N) is 2. The van der Waals surface area contributed by atoms with Crippen molar-refractivity contribution in [2.45, 2.75) is 32.7 Å². The maximum Gasteiger partial charge on any atom is 0.319 e. The van der Waals surface area contributed by atoms with Gasteiger partial charge in [-0.1, -0.05) is 48.5 Å². The van der Waals surface area contributed by atoms with Gasteiger partial charge >= 0.3 is 6.03 Å². The fourth-order valence-electron chi connectivity index (χ4n) is 3.17. The number of ether oxygens (including phenoxy) is 1. The number of rotatable bonds is 6. The predicted octanol–water partition coefficient (Wildman–Crippen LogP) is 5.30. The lowest BCUT2D eigenvalue weighted by Crippen LogP contribution is -2.36. The molecule has 27 heavy (non-hydrogen) atoms. The molecule has 4 nitrogen and oxygen atoms in total. The Hall–Kier alpha value is -3.01. The van der Waals surface area contributed by atoms with Gasteiger partial charge in [0.15, 0.2) is 0 Å². The van der Waals surface area contributed by atoms with Crippen molar-refractivity contribution in [2.75, 3.05) is 12.4 Å². The fourth-order valence-corrected chi connectivity index (χ4v) is 3.17. The smallest absolute Gasteiger partial charge is 0.319 e. The normalized spacial score (nSPS) is 11.8. The number of carbonyl (C=O) groups is 1. The van der Waals surface area contributed by atoms with E-state index in [2.05, 4.69) is 34.9 Å². The molecule has 1 unspecified atom stereocenters. The van der Waals surface area contributed by atoms with Gasteiger partial charge < -0.3 is 15.4 Å². The summed E-state index contributed by atoms with van der Waals surface area (Å²) in [5.41, 5.74) is 3.15. The molecule has 3 rings (SSSR count). The highest BCUT2D eigenvalue weighted by molar-refractivity contribution is 6.02. The Kier molecular flexibility index (Phi) is 5.97. The average Bonchev–Trinajstić information content (AvgIpc) is 2.69. The zero-order valence-corrected chi connectivity index (χ0v) is 16.1. The van der Waals surface area contributed by atoms with Crippen LogP contribution in [0.4, 0.5) is 10.5 Å². The van der Waals surface area contributed by atoms with E-state index in [1.54, 1.807) is 7.11 Å². The van der Waals surface area contributed by atoms with Crippen LogP contribution in [0.3, 0.4) is 0 Å². The average molecular weight is 362 g/mol. The quantitative estimate of drug-likeness (QED) is 0.625. The highest BCUT2D eigenvalue weighted by Gasteiger charge is 2.11. The summed E-state index contributed by atoms with van der Waals surface area (Å²) in [4.78, 5) is 12.5. The highest BCUT2D eigenvalue weighted by atomic mass is 16.5. The first-order valence-electron chi connectivity index (χ1n) is 9.25. The molecule has 1 atom stereocenters. The monoisotopic (exact) mass is 362 g/mol. The fraction of sp³-hybridized carbons (Fsp3) is 0.261. The maximum absolute atomic E-state index is 12.5. The molecule has 0 radical (unpaired) electrons. The van der Waals surface area contributed by atoms with Crippen molar-refractivity contribution < 1.29 is 9.53 Å². The van der Waals surface area contributed by atoms with E-state index in [0.29, 0.717) is 0 Å². The lowest BCUT2D eigenvalue weighted by Gasteiger charge is -2.17. The number of urea groups is 1. The van der Waals surface area contributed by atoms with Gasteiger partial charge in [0.05, 0.1) is 12.8 Å². The molecule has 0 aliphatic rings. The number of aryl methyl sites for hydroxylation is 2. The summed E-state index contributed by atoms with van der Waals surface area (Å²) in [6.07, 6.45) is 1.77. The van der Waals surface area contributed by atoms with Gasteiger partial charge in [-0.15, -0.1) is 0 Å². The molecule has 0 heterocycles. The first kappa shape index (κ1) is 18.8. The molecule has 3 aromatic rings. The second-order valence-electron chi connectivity index (χ2n) is 6.86. The topological polar surface area (TPSA) is 50.4 Å². The molecular weight excluding hydrogens is 336 g/mol. The van der Waals surface area contributed by atoms with E-state index < -0.39 is 0 Å². The summed E-state index contributed by atoms with van der Waals surface area (Å²) in [7, 11) is 1.66. The summed E-state index contributed by atoms with van der Waals surface area (Å²) in [5, 5.41) is 8.24. The van der Waals surface area contributed by atoms with Crippen LogP contribution >= 0.6 is 0 Å². The van der Waals surface area contributed by atoms with Crippen molar-refractivity contribution in [3.63, 3.8) is 0 Å². The molecule has 0 saturated carbocycles. The molecule has 0 fully saturated rings. The van der Waals surface area contributed by atoms with Gasteiger partial charge in [-0.3, -0.25) is 0 Å². The van der Waals surface area contributed by atoms with Crippen molar-refractivity contribution >= 4 is 22.5 Å². The Morgan fingerprint density at radius 3 is 2.52 bits per heavy atom. The van der Waals surface area contributed by atoms with E-state index in [4.69, 9.17) is 4.74 Å². The van der Waals surface area contributed by atoms with E-state index in [0.717, 1.165) is 40.6 Å². The van der Waals surface area contributed by atoms with Crippen LogP contribution in [-0.4, -0.2) is 19.2 Å². The molecule has 3 aromatic carbocycles. The SMILES string of the molecule is COc1ccc(CCC(C)NC(=O)Nc2c(C)ccc3ccccc23)cc1. The molecule has 0 aliphatic carbocycles. The van der Waals surface area contributed by atoms with Crippen molar-refractivity contribution in [3.8, 4) is 5.75 Å². The summed E-state index contributed by atoms with van der Waals surface area (Å²) in [6, 6.07) is 20.1. The lowest BCUT2D eigenvalue weighted by molar-refractivity contribution is 0.248. The van der Waals surface area contributed by atoms with Crippen LogP contribution in [0.5, 0.6) is 5.75 Å². The van der Waals surface area contributed by atoms with E-state index >= 15 is 0 Å². The number of hydrogen-bond donors (Lipinski definition) is 2. The van der Waals surface area contributed by atoms with Gasteiger partial charge in [0.1, 0.15) is 5.75 Å². The van der Waals surface area contributed by atoms with Gasteiger partial charge in [0.25, 0.3) is 0 Å². The Morgan fingerprint density at radius 2 is 1.78 bits per heavy atom. The second kappa shape index (κ2) is 8.58. The third kappa shape index (κ3) is 4.79. The Labute approximate surface area is 160 Å². The van der Waals surface area contributed by atoms with Crippen molar-refractivity contribution in [1.29, 1.82) is 0 Å². The van der Waals surface area contributed by atoms with Crippen LogP contribution < -0.4 is 15.4 Å². The van der Waals surface area contributed by atoms with Crippen molar-refractivity contribution in [3.05, 3.63) is 71.8 Å². The summed E-state index contributed by atoms with van der Waals surface area (Å²) in [6.45, 7) is 4.04. The molecule has 0 bridgehead atoms. The first-order valence-corrected chi connectivity index (χ1v) is 9.25. The van der Waals surface area contributed by atoms with Crippen LogP contribution in [0.15, 0.2) is 60.7 Å². The predicted molar refractivity (Wildman–Crippen MR) is 112 cm³/mol. The Bertz CT molecular complexity index is 919. The molecule has 2 amide bonds. The summed E-state index contributed by atoms with van der Waals surface area (Å²) >= 11 is 0. The van der Waals surface area contributed by atoms with Gasteiger partial charge in [-0.05, 0) is 55.3 Å². The minimum atomic E-state index is -0.170. The molecule has 0 spiro atoms. The Morgan fingerprint density at radius 1 is 1.04 bits per heavy atom. The minimum Gasteiger partial charge on any atom is -0.497 e. The van der Waals surface area contributed by atoms with Gasteiger partial charge in [-0.25, -0.2) is 4.79 Å². The van der Waals surface area contributed by atoms with Crippen LogP contribution in [0.2, 0.25) is 0 Å². The van der Waals surface area contributed by atoms with Gasteiger partial charge in [-0.2, -0.15) is 0 Å². The van der Waals surface area contributed by atoms with Gasteiger partial charge in [0.2, 0.25) is 0 Å². The zero-order valence-electron chi connectivity index (χ0n) is 16.1. The highest BCUT2D eigenvalue weighted by Crippen LogP contribution is 2.27. The number of anilines is 1. The van der Waals surface area contributed by atoms with Crippen LogP contribution in [-0.2, 0) is 6.42 Å². The lowest BCUT2D eigenvalue weighted by atomic mass is 10.0. The number of carbonyl (C=O) groups excluding carboxylic acids is 1. The first-order chi connectivity index (χ1) is 13.1. The van der Waals surface area contributed by atoms with Crippen LogP contribution in [0.1, 0.15) is 24.5 Å². The number of methoxy groups -OCH3 is 1. The number of benzene rings is 3. The van der Waals surface area contributed by atoms with Crippen LogP contribution in [0.25, 0.3) is 10.8 Å². The molecule has 0 saturated heterocycles. The van der Waals surface area contributed by atoms with Crippen LogP contribution in [0, 0.1) is 6.92 Å². The molecular formula is C23H26N2O2.